The van der Waals surface area contributed by atoms with Crippen LogP contribution in [0.5, 0.6) is 17.2 Å². The van der Waals surface area contributed by atoms with E-state index in [-0.39, 0.29) is 11.3 Å². The maximum absolute atomic E-state index is 13.1. The summed E-state index contributed by atoms with van der Waals surface area (Å²) in [6.45, 7) is 0.837. The van der Waals surface area contributed by atoms with E-state index in [1.165, 1.54) is 26.2 Å². The third-order valence-corrected chi connectivity index (χ3v) is 5.38. The van der Waals surface area contributed by atoms with Crippen LogP contribution in [0.3, 0.4) is 0 Å². The molecule has 2 aromatic rings. The van der Waals surface area contributed by atoms with Crippen LogP contribution in [0, 0.1) is 0 Å². The zero-order valence-electron chi connectivity index (χ0n) is 18.9. The van der Waals surface area contributed by atoms with Crippen molar-refractivity contribution in [2.24, 2.45) is 0 Å². The van der Waals surface area contributed by atoms with Crippen molar-refractivity contribution < 1.29 is 28.9 Å². The van der Waals surface area contributed by atoms with E-state index in [0.717, 1.165) is 0 Å². The summed E-state index contributed by atoms with van der Waals surface area (Å²) < 4.78 is 16.3. The molecule has 1 saturated heterocycles. The van der Waals surface area contributed by atoms with E-state index in [1.807, 2.05) is 25.1 Å². The number of likely N-dealkylation sites (tertiary alicyclic amines) is 1. The average Bonchev–Trinajstić information content (AvgIpc) is 3.06. The lowest BCUT2D eigenvalue weighted by Crippen LogP contribution is -2.35. The monoisotopic (exact) mass is 440 g/mol. The number of aliphatic hydroxyl groups excluding tert-OH is 1. The normalized spacial score (nSPS) is 17.7. The van der Waals surface area contributed by atoms with Gasteiger partial charge in [0.05, 0.1) is 32.9 Å². The molecule has 0 aromatic heterocycles. The lowest BCUT2D eigenvalue weighted by molar-refractivity contribution is -0.140. The number of ketones is 1. The Morgan fingerprint density at radius 3 is 2.09 bits per heavy atom. The van der Waals surface area contributed by atoms with Gasteiger partial charge in [-0.15, -0.1) is 0 Å². The Morgan fingerprint density at radius 1 is 1.00 bits per heavy atom. The standard InChI is InChI=1S/C24H28N2O6/c1-25(2)11-12-26-20(16-13-17(30-3)23(32-5)18(14-16)31-4)19(22(28)24(26)29)21(27)15-9-7-6-8-10-15/h6-10,13-14,20,27H,11-12H2,1-5H3/b21-19+/t20-/m0/s1. The number of rotatable bonds is 8. The molecule has 1 fully saturated rings. The molecule has 0 saturated carbocycles. The average molecular weight is 440 g/mol. The van der Waals surface area contributed by atoms with Crippen LogP contribution >= 0.6 is 0 Å². The first-order valence-electron chi connectivity index (χ1n) is 10.1. The molecule has 1 heterocycles. The molecule has 1 aliphatic rings. The molecule has 1 aliphatic heterocycles. The highest BCUT2D eigenvalue weighted by Gasteiger charge is 2.46. The highest BCUT2D eigenvalue weighted by molar-refractivity contribution is 6.46. The zero-order valence-corrected chi connectivity index (χ0v) is 18.9. The second kappa shape index (κ2) is 9.74. The first-order valence-corrected chi connectivity index (χ1v) is 10.1. The molecule has 3 rings (SSSR count). The van der Waals surface area contributed by atoms with Crippen LogP contribution in [0.1, 0.15) is 17.2 Å². The van der Waals surface area contributed by atoms with Crippen molar-refractivity contribution in [2.75, 3.05) is 48.5 Å². The summed E-state index contributed by atoms with van der Waals surface area (Å²) >= 11 is 0. The molecule has 170 valence electrons. The molecule has 1 atom stereocenters. The Morgan fingerprint density at radius 2 is 1.59 bits per heavy atom. The fourth-order valence-electron chi connectivity index (χ4n) is 3.78. The molecule has 2 aromatic carbocycles. The van der Waals surface area contributed by atoms with Crippen LogP contribution in [0.4, 0.5) is 0 Å². The number of amides is 1. The van der Waals surface area contributed by atoms with Gasteiger partial charge in [0, 0.05) is 18.7 Å². The summed E-state index contributed by atoms with van der Waals surface area (Å²) in [7, 11) is 8.25. The predicted molar refractivity (Wildman–Crippen MR) is 120 cm³/mol. The second-order valence-electron chi connectivity index (χ2n) is 7.62. The predicted octanol–water partition coefficient (Wildman–Crippen LogP) is 2.70. The minimum Gasteiger partial charge on any atom is -0.507 e. The second-order valence-corrected chi connectivity index (χ2v) is 7.62. The van der Waals surface area contributed by atoms with Gasteiger partial charge in [0.2, 0.25) is 5.75 Å². The number of benzene rings is 2. The fraction of sp³-hybridized carbons (Fsp3) is 0.333. The highest BCUT2D eigenvalue weighted by atomic mass is 16.5. The Bertz CT molecular complexity index is 1010. The Hall–Kier alpha value is -3.52. The summed E-state index contributed by atoms with van der Waals surface area (Å²) in [6.07, 6.45) is 0. The number of aliphatic hydroxyl groups is 1. The van der Waals surface area contributed by atoms with Gasteiger partial charge in [-0.05, 0) is 31.8 Å². The van der Waals surface area contributed by atoms with Crippen molar-refractivity contribution >= 4 is 17.4 Å². The number of methoxy groups -OCH3 is 3. The SMILES string of the molecule is COc1cc([C@H]2/C(=C(\O)c3ccccc3)C(=O)C(=O)N2CCN(C)C)cc(OC)c1OC. The minimum absolute atomic E-state index is 0.0224. The topological polar surface area (TPSA) is 88.5 Å². The molecule has 1 N–H and O–H groups in total. The van der Waals surface area contributed by atoms with Gasteiger partial charge in [-0.25, -0.2) is 0 Å². The molecule has 0 spiro atoms. The fourth-order valence-corrected chi connectivity index (χ4v) is 3.78. The lowest BCUT2D eigenvalue weighted by Gasteiger charge is -2.27. The molecular formula is C24H28N2O6. The van der Waals surface area contributed by atoms with E-state index in [9.17, 15) is 14.7 Å². The molecule has 8 nitrogen and oxygen atoms in total. The summed E-state index contributed by atoms with van der Waals surface area (Å²) in [5, 5.41) is 11.1. The van der Waals surface area contributed by atoms with Gasteiger partial charge in [-0.1, -0.05) is 30.3 Å². The lowest BCUT2D eigenvalue weighted by atomic mass is 9.94. The Kier molecular flexibility index (Phi) is 7.05. The maximum Gasteiger partial charge on any atom is 0.295 e. The summed E-state index contributed by atoms with van der Waals surface area (Å²) in [5.41, 5.74) is 1.04. The zero-order chi connectivity index (χ0) is 23.4. The first kappa shape index (κ1) is 23.1. The van der Waals surface area contributed by atoms with Gasteiger partial charge in [0.25, 0.3) is 11.7 Å². The summed E-state index contributed by atoms with van der Waals surface area (Å²) in [6, 6.07) is 11.3. The maximum atomic E-state index is 13.1. The van der Waals surface area contributed by atoms with Gasteiger partial charge < -0.3 is 29.1 Å². The number of nitrogens with zero attached hydrogens (tertiary/aromatic N) is 2. The Balaban J connectivity index is 2.24. The van der Waals surface area contributed by atoms with E-state index < -0.39 is 17.7 Å². The van der Waals surface area contributed by atoms with Crippen molar-refractivity contribution in [3.05, 3.63) is 59.2 Å². The number of hydrogen-bond acceptors (Lipinski definition) is 7. The van der Waals surface area contributed by atoms with Gasteiger partial charge >= 0.3 is 0 Å². The van der Waals surface area contributed by atoms with E-state index >= 15 is 0 Å². The number of carbonyl (C=O) groups is 2. The van der Waals surface area contributed by atoms with E-state index in [2.05, 4.69) is 0 Å². The summed E-state index contributed by atoms with van der Waals surface area (Å²) in [5.74, 6) is -0.450. The van der Waals surface area contributed by atoms with E-state index in [1.54, 1.807) is 36.4 Å². The smallest absolute Gasteiger partial charge is 0.295 e. The van der Waals surface area contributed by atoms with E-state index in [4.69, 9.17) is 14.2 Å². The molecule has 0 unspecified atom stereocenters. The van der Waals surface area contributed by atoms with Crippen LogP contribution in [0.15, 0.2) is 48.0 Å². The van der Waals surface area contributed by atoms with Crippen molar-refractivity contribution in [3.8, 4) is 17.2 Å². The van der Waals surface area contributed by atoms with Crippen LogP contribution in [0.2, 0.25) is 0 Å². The third-order valence-electron chi connectivity index (χ3n) is 5.38. The minimum atomic E-state index is -0.816. The summed E-state index contributed by atoms with van der Waals surface area (Å²) in [4.78, 5) is 29.5. The van der Waals surface area contributed by atoms with Crippen molar-refractivity contribution in [3.63, 3.8) is 0 Å². The van der Waals surface area contributed by atoms with Crippen molar-refractivity contribution in [1.29, 1.82) is 0 Å². The van der Waals surface area contributed by atoms with Crippen molar-refractivity contribution in [2.45, 2.75) is 6.04 Å². The first-order chi connectivity index (χ1) is 15.3. The largest absolute Gasteiger partial charge is 0.507 e. The third kappa shape index (κ3) is 4.27. The molecule has 8 heteroatoms. The molecule has 0 bridgehead atoms. The van der Waals surface area contributed by atoms with Gasteiger partial charge in [0.15, 0.2) is 11.5 Å². The number of likely N-dealkylation sites (N-methyl/N-ethyl adjacent to an activating group) is 1. The van der Waals surface area contributed by atoms with Crippen LogP contribution in [0.25, 0.3) is 5.76 Å². The van der Waals surface area contributed by atoms with E-state index in [0.29, 0.717) is 41.5 Å². The van der Waals surface area contributed by atoms with Crippen LogP contribution in [-0.2, 0) is 9.59 Å². The molecule has 32 heavy (non-hydrogen) atoms. The van der Waals surface area contributed by atoms with Gasteiger partial charge in [-0.3, -0.25) is 9.59 Å². The van der Waals surface area contributed by atoms with Crippen molar-refractivity contribution in [1.82, 2.24) is 9.80 Å². The number of hydrogen-bond donors (Lipinski definition) is 1. The molecule has 1 amide bonds. The molecule has 0 aliphatic carbocycles. The number of Topliss-reactive ketones (excluding diaryl/α,β-unsaturated/α-hetero) is 1. The highest BCUT2D eigenvalue weighted by Crippen LogP contribution is 2.45. The number of ether oxygens (including phenoxy) is 3. The Labute approximate surface area is 187 Å². The van der Waals surface area contributed by atoms with Crippen LogP contribution < -0.4 is 14.2 Å². The molecule has 0 radical (unpaired) electrons. The van der Waals surface area contributed by atoms with Gasteiger partial charge in [-0.2, -0.15) is 0 Å². The van der Waals surface area contributed by atoms with Crippen LogP contribution in [-0.4, -0.2) is 75.1 Å². The molecular weight excluding hydrogens is 412 g/mol. The van der Waals surface area contributed by atoms with Gasteiger partial charge in [0.1, 0.15) is 5.76 Å². The number of carbonyl (C=O) groups excluding carboxylic acids is 2. The quantitative estimate of drug-likeness (QED) is 0.384.